The third-order valence-corrected chi connectivity index (χ3v) is 1.66. The van der Waals surface area contributed by atoms with Crippen LogP contribution in [0.3, 0.4) is 0 Å². The van der Waals surface area contributed by atoms with E-state index in [0.29, 0.717) is 0 Å². The first kappa shape index (κ1) is 20.1. The average molecular weight is 452 g/mol. The van der Waals surface area contributed by atoms with E-state index in [4.69, 9.17) is 0 Å². The van der Waals surface area contributed by atoms with E-state index in [1.165, 1.54) is 10.8 Å². The second-order valence-electron chi connectivity index (χ2n) is 2.35. The number of fused-ring (bicyclic) bond motifs is 1. The summed E-state index contributed by atoms with van der Waals surface area (Å²) in [6, 6.07) is 16.7. The molecule has 0 heterocycles. The number of benzene rings is 2. The molecule has 0 N–H and O–H groups in total. The molecule has 2 aromatic rings. The van der Waals surface area contributed by atoms with E-state index in [1.807, 2.05) is 0 Å². The largest absolute Gasteiger partial charge is 0.114 e. The van der Waals surface area contributed by atoms with Crippen molar-refractivity contribution >= 4 is 78.7 Å². The molecule has 0 nitrogen and oxygen atoms in total. The molecule has 4 heteroatoms. The first-order chi connectivity index (χ1) is 4.97. The summed E-state index contributed by atoms with van der Waals surface area (Å²) < 4.78 is 0. The molecule has 14 heavy (non-hydrogen) atoms. The molecule has 0 saturated heterocycles. The molecule has 2 aromatic carbocycles. The third kappa shape index (κ3) is 4.91. The van der Waals surface area contributed by atoms with E-state index in [2.05, 4.69) is 48.5 Å². The molecular formula is C10H12Br4. The van der Waals surface area contributed by atoms with Crippen molar-refractivity contribution in [1.82, 2.24) is 0 Å². The summed E-state index contributed by atoms with van der Waals surface area (Å²) in [7, 11) is 0. The molecule has 0 bridgehead atoms. The fourth-order valence-corrected chi connectivity index (χ4v) is 1.13. The summed E-state index contributed by atoms with van der Waals surface area (Å²) in [5.74, 6) is 0. The summed E-state index contributed by atoms with van der Waals surface area (Å²) >= 11 is 0. The van der Waals surface area contributed by atoms with Crippen molar-refractivity contribution in [2.75, 3.05) is 0 Å². The Labute approximate surface area is 126 Å². The number of rotatable bonds is 0. The minimum Gasteiger partial charge on any atom is -0.114 e. The van der Waals surface area contributed by atoms with Gasteiger partial charge in [-0.1, -0.05) is 48.5 Å². The quantitative estimate of drug-likeness (QED) is 0.519. The summed E-state index contributed by atoms with van der Waals surface area (Å²) in [4.78, 5) is 0. The Morgan fingerprint density at radius 1 is 0.429 bits per heavy atom. The Morgan fingerprint density at radius 2 is 0.643 bits per heavy atom. The van der Waals surface area contributed by atoms with Gasteiger partial charge in [0.1, 0.15) is 0 Å². The Bertz CT molecular complexity index is 283. The first-order valence-corrected chi connectivity index (χ1v) is 3.40. The summed E-state index contributed by atoms with van der Waals surface area (Å²) in [6.07, 6.45) is 0. The Kier molecular flexibility index (Phi) is 14.6. The summed E-state index contributed by atoms with van der Waals surface area (Å²) in [6.45, 7) is 0. The van der Waals surface area contributed by atoms with Crippen LogP contribution in [0.15, 0.2) is 48.5 Å². The molecular weight excluding hydrogens is 440 g/mol. The minimum atomic E-state index is 0. The Balaban J connectivity index is -0.000000302. The smallest absolute Gasteiger partial charge is 0.0184 e. The van der Waals surface area contributed by atoms with Crippen LogP contribution >= 0.6 is 67.9 Å². The zero-order valence-corrected chi connectivity index (χ0v) is 14.1. The second-order valence-corrected chi connectivity index (χ2v) is 2.35. The molecule has 0 amide bonds. The summed E-state index contributed by atoms with van der Waals surface area (Å²) in [5, 5.41) is 2.62. The molecule has 2 rings (SSSR count). The van der Waals surface area contributed by atoms with Crippen LogP contribution in [-0.2, 0) is 0 Å². The van der Waals surface area contributed by atoms with Crippen molar-refractivity contribution in [3.8, 4) is 0 Å². The molecule has 0 unspecified atom stereocenters. The Hall–Kier alpha value is 0.620. The normalized spacial score (nSPS) is 7.14. The number of halogens is 4. The highest BCUT2D eigenvalue weighted by Crippen LogP contribution is 2.11. The van der Waals surface area contributed by atoms with Gasteiger partial charge in [0.2, 0.25) is 0 Å². The predicted octanol–water partition coefficient (Wildman–Crippen LogP) is 5.15. The minimum absolute atomic E-state index is 0. The fraction of sp³-hybridized carbons (Fsp3) is 0. The highest BCUT2D eigenvalue weighted by Gasteiger charge is 1.85. The van der Waals surface area contributed by atoms with Gasteiger partial charge >= 0.3 is 0 Å². The van der Waals surface area contributed by atoms with Crippen molar-refractivity contribution in [2.45, 2.75) is 0 Å². The Morgan fingerprint density at radius 3 is 0.857 bits per heavy atom. The molecule has 0 aliphatic heterocycles. The van der Waals surface area contributed by atoms with E-state index in [1.54, 1.807) is 0 Å². The molecule has 0 radical (unpaired) electrons. The zero-order valence-electron chi connectivity index (χ0n) is 7.25. The second kappa shape index (κ2) is 10.1. The van der Waals surface area contributed by atoms with E-state index in [-0.39, 0.29) is 67.9 Å². The third-order valence-electron chi connectivity index (χ3n) is 1.66. The topological polar surface area (TPSA) is 0 Å². The van der Waals surface area contributed by atoms with Crippen molar-refractivity contribution in [3.63, 3.8) is 0 Å². The van der Waals surface area contributed by atoms with Gasteiger partial charge in [-0.25, -0.2) is 0 Å². The number of hydrogen-bond donors (Lipinski definition) is 0. The van der Waals surface area contributed by atoms with Crippen LogP contribution in [0, 0.1) is 0 Å². The number of hydrogen-bond acceptors (Lipinski definition) is 0. The highest BCUT2D eigenvalue weighted by atomic mass is 79.9. The predicted molar refractivity (Wildman–Crippen MR) is 85.2 cm³/mol. The first-order valence-electron chi connectivity index (χ1n) is 3.40. The van der Waals surface area contributed by atoms with Gasteiger partial charge in [0, 0.05) is 0 Å². The molecule has 0 saturated carbocycles. The lowest BCUT2D eigenvalue weighted by molar-refractivity contribution is 1.75. The maximum atomic E-state index is 2.12. The van der Waals surface area contributed by atoms with E-state index < -0.39 is 0 Å². The molecule has 0 atom stereocenters. The van der Waals surface area contributed by atoms with E-state index >= 15 is 0 Å². The lowest BCUT2D eigenvalue weighted by atomic mass is 10.1. The lowest BCUT2D eigenvalue weighted by Crippen LogP contribution is -1.67. The fourth-order valence-electron chi connectivity index (χ4n) is 1.13. The average Bonchev–Trinajstić information content (AvgIpc) is 2.05. The van der Waals surface area contributed by atoms with Crippen LogP contribution in [0.2, 0.25) is 0 Å². The van der Waals surface area contributed by atoms with Crippen LogP contribution < -0.4 is 0 Å². The van der Waals surface area contributed by atoms with Crippen LogP contribution in [0.25, 0.3) is 10.8 Å². The molecule has 0 aromatic heterocycles. The van der Waals surface area contributed by atoms with Gasteiger partial charge in [0.15, 0.2) is 0 Å². The standard InChI is InChI=1S/C10H8.4BrH/c1-2-6-10-8-4-3-7-9(10)5-1;;;;/h1-8H;4*1H. The zero-order chi connectivity index (χ0) is 6.81. The SMILES string of the molecule is Br.Br.Br.Br.c1ccc2ccccc2c1. The van der Waals surface area contributed by atoms with Crippen LogP contribution in [0.5, 0.6) is 0 Å². The van der Waals surface area contributed by atoms with Crippen molar-refractivity contribution < 1.29 is 0 Å². The van der Waals surface area contributed by atoms with Crippen molar-refractivity contribution in [3.05, 3.63) is 48.5 Å². The van der Waals surface area contributed by atoms with Gasteiger partial charge in [-0.15, -0.1) is 67.9 Å². The maximum Gasteiger partial charge on any atom is -0.0184 e. The van der Waals surface area contributed by atoms with Gasteiger partial charge in [-0.2, -0.15) is 0 Å². The maximum absolute atomic E-state index is 2.12. The van der Waals surface area contributed by atoms with Gasteiger partial charge in [0.05, 0.1) is 0 Å². The van der Waals surface area contributed by atoms with Crippen molar-refractivity contribution in [1.29, 1.82) is 0 Å². The van der Waals surface area contributed by atoms with E-state index in [0.717, 1.165) is 0 Å². The van der Waals surface area contributed by atoms with Gasteiger partial charge in [-0.3, -0.25) is 0 Å². The van der Waals surface area contributed by atoms with Crippen LogP contribution in [-0.4, -0.2) is 0 Å². The highest BCUT2D eigenvalue weighted by molar-refractivity contribution is 8.93. The van der Waals surface area contributed by atoms with Crippen LogP contribution in [0.1, 0.15) is 0 Å². The molecule has 80 valence electrons. The van der Waals surface area contributed by atoms with Crippen molar-refractivity contribution in [2.24, 2.45) is 0 Å². The van der Waals surface area contributed by atoms with Gasteiger partial charge in [0.25, 0.3) is 0 Å². The molecule has 0 aliphatic carbocycles. The van der Waals surface area contributed by atoms with Gasteiger partial charge < -0.3 is 0 Å². The van der Waals surface area contributed by atoms with Gasteiger partial charge in [-0.05, 0) is 10.8 Å². The molecule has 0 spiro atoms. The van der Waals surface area contributed by atoms with Crippen LogP contribution in [0.4, 0.5) is 0 Å². The molecule has 0 fully saturated rings. The molecule has 0 aliphatic rings. The van der Waals surface area contributed by atoms with E-state index in [9.17, 15) is 0 Å². The monoisotopic (exact) mass is 448 g/mol. The lowest BCUT2D eigenvalue weighted by Gasteiger charge is -1.92. The summed E-state index contributed by atoms with van der Waals surface area (Å²) in [5.41, 5.74) is 0.